The first-order valence-electron chi connectivity index (χ1n) is 5.90. The number of esters is 1. The van der Waals surface area contributed by atoms with Gasteiger partial charge in [0.05, 0.1) is 5.57 Å². The van der Waals surface area contributed by atoms with Gasteiger partial charge in [0.2, 0.25) is 0 Å². The highest BCUT2D eigenvalue weighted by Gasteiger charge is 2.34. The van der Waals surface area contributed by atoms with Gasteiger partial charge in [-0.2, -0.15) is 0 Å². The molecule has 1 N–H and O–H groups in total. The van der Waals surface area contributed by atoms with Gasteiger partial charge in [-0.25, -0.2) is 4.79 Å². The van der Waals surface area contributed by atoms with Crippen molar-refractivity contribution in [2.75, 3.05) is 0 Å². The first-order valence-corrected chi connectivity index (χ1v) is 5.90. The molecule has 0 spiro atoms. The molecule has 0 radical (unpaired) electrons. The van der Waals surface area contributed by atoms with E-state index in [1.807, 2.05) is 13.8 Å². The SMILES string of the molecule is C=C(C=N)C(=O)OC(C)(C)C1CCCCC1. The van der Waals surface area contributed by atoms with Crippen LogP contribution in [0.5, 0.6) is 0 Å². The number of ether oxygens (including phenoxy) is 1. The number of carbonyl (C=O) groups is 1. The maximum atomic E-state index is 11.6. The average molecular weight is 223 g/mol. The summed E-state index contributed by atoms with van der Waals surface area (Å²) < 4.78 is 5.44. The fraction of sp³-hybridized carbons (Fsp3) is 0.692. The number of hydrogen-bond donors (Lipinski definition) is 1. The van der Waals surface area contributed by atoms with Gasteiger partial charge in [0.25, 0.3) is 0 Å². The molecule has 0 aromatic carbocycles. The van der Waals surface area contributed by atoms with Crippen molar-refractivity contribution in [2.24, 2.45) is 5.92 Å². The average Bonchev–Trinajstić information content (AvgIpc) is 2.28. The Bertz CT molecular complexity index is 288. The van der Waals surface area contributed by atoms with Crippen LogP contribution < -0.4 is 0 Å². The van der Waals surface area contributed by atoms with E-state index in [0.29, 0.717) is 5.92 Å². The van der Waals surface area contributed by atoms with Crippen molar-refractivity contribution in [2.45, 2.75) is 51.6 Å². The van der Waals surface area contributed by atoms with Gasteiger partial charge >= 0.3 is 5.97 Å². The van der Waals surface area contributed by atoms with Crippen molar-refractivity contribution in [3.8, 4) is 0 Å². The predicted octanol–water partition coefficient (Wildman–Crippen LogP) is 3.09. The van der Waals surface area contributed by atoms with Crippen LogP contribution in [0, 0.1) is 11.3 Å². The van der Waals surface area contributed by atoms with E-state index < -0.39 is 11.6 Å². The molecule has 16 heavy (non-hydrogen) atoms. The lowest BCUT2D eigenvalue weighted by molar-refractivity contribution is -0.157. The molecule has 1 rings (SSSR count). The fourth-order valence-electron chi connectivity index (χ4n) is 2.24. The predicted molar refractivity (Wildman–Crippen MR) is 64.7 cm³/mol. The summed E-state index contributed by atoms with van der Waals surface area (Å²) in [5.74, 6) is -0.0330. The normalized spacial score (nSPS) is 17.9. The van der Waals surface area contributed by atoms with Crippen LogP contribution in [0.2, 0.25) is 0 Å². The second-order valence-electron chi connectivity index (χ2n) is 5.00. The third-order valence-corrected chi connectivity index (χ3v) is 3.38. The number of carbonyl (C=O) groups excluding carboxylic acids is 1. The Morgan fingerprint density at radius 3 is 2.44 bits per heavy atom. The van der Waals surface area contributed by atoms with Crippen LogP contribution >= 0.6 is 0 Å². The van der Waals surface area contributed by atoms with Crippen LogP contribution in [-0.4, -0.2) is 17.8 Å². The zero-order chi connectivity index (χ0) is 12.2. The van der Waals surface area contributed by atoms with Crippen molar-refractivity contribution >= 4 is 12.2 Å². The minimum atomic E-state index is -0.467. The van der Waals surface area contributed by atoms with E-state index in [9.17, 15) is 4.79 Å². The molecule has 0 heterocycles. The highest BCUT2D eigenvalue weighted by atomic mass is 16.6. The molecule has 0 bridgehead atoms. The molecule has 3 nitrogen and oxygen atoms in total. The van der Waals surface area contributed by atoms with Gasteiger partial charge in [0.1, 0.15) is 5.60 Å². The zero-order valence-corrected chi connectivity index (χ0v) is 10.2. The Morgan fingerprint density at radius 2 is 1.94 bits per heavy atom. The highest BCUT2D eigenvalue weighted by Crippen LogP contribution is 2.34. The van der Waals surface area contributed by atoms with E-state index in [4.69, 9.17) is 10.1 Å². The topological polar surface area (TPSA) is 50.2 Å². The lowest BCUT2D eigenvalue weighted by Gasteiger charge is -2.36. The Kier molecular flexibility index (Phi) is 4.27. The van der Waals surface area contributed by atoms with Gasteiger partial charge in [-0.1, -0.05) is 25.8 Å². The van der Waals surface area contributed by atoms with Crippen LogP contribution in [0.4, 0.5) is 0 Å². The van der Waals surface area contributed by atoms with E-state index in [1.165, 1.54) is 19.3 Å². The molecule has 90 valence electrons. The van der Waals surface area contributed by atoms with E-state index in [0.717, 1.165) is 19.1 Å². The molecular formula is C13H21NO2. The Morgan fingerprint density at radius 1 is 1.38 bits per heavy atom. The number of nitrogens with one attached hydrogen (secondary N) is 1. The van der Waals surface area contributed by atoms with E-state index in [2.05, 4.69) is 6.58 Å². The summed E-state index contributed by atoms with van der Waals surface area (Å²) in [4.78, 5) is 11.6. The Labute approximate surface area is 97.4 Å². The largest absolute Gasteiger partial charge is 0.456 e. The van der Waals surface area contributed by atoms with E-state index in [1.54, 1.807) is 0 Å². The third kappa shape index (κ3) is 3.19. The molecule has 1 aliphatic carbocycles. The fourth-order valence-corrected chi connectivity index (χ4v) is 2.24. The van der Waals surface area contributed by atoms with Gasteiger partial charge in [-0.05, 0) is 32.6 Å². The summed E-state index contributed by atoms with van der Waals surface area (Å²) in [6, 6.07) is 0. The maximum absolute atomic E-state index is 11.6. The molecule has 0 saturated heterocycles. The van der Waals surface area contributed by atoms with Gasteiger partial charge in [0, 0.05) is 6.21 Å². The molecule has 1 aliphatic rings. The molecule has 1 saturated carbocycles. The molecule has 3 heteroatoms. The summed E-state index contributed by atoms with van der Waals surface area (Å²) in [6.45, 7) is 7.40. The van der Waals surface area contributed by atoms with Gasteiger partial charge < -0.3 is 10.1 Å². The maximum Gasteiger partial charge on any atom is 0.339 e. The molecule has 0 aliphatic heterocycles. The molecule has 0 amide bonds. The lowest BCUT2D eigenvalue weighted by atomic mass is 9.79. The summed E-state index contributed by atoms with van der Waals surface area (Å²) in [5.41, 5.74) is -0.326. The summed E-state index contributed by atoms with van der Waals surface area (Å²) in [7, 11) is 0. The quantitative estimate of drug-likeness (QED) is 0.452. The van der Waals surface area contributed by atoms with Crippen LogP contribution in [0.1, 0.15) is 46.0 Å². The number of hydrogen-bond acceptors (Lipinski definition) is 3. The van der Waals surface area contributed by atoms with Crippen LogP contribution in [0.3, 0.4) is 0 Å². The molecule has 1 fully saturated rings. The minimum absolute atomic E-state index is 0.115. The van der Waals surface area contributed by atoms with Crippen LogP contribution in [0.25, 0.3) is 0 Å². The first-order chi connectivity index (χ1) is 7.47. The molecule has 0 unspecified atom stereocenters. The van der Waals surface area contributed by atoms with Gasteiger partial charge in [-0.3, -0.25) is 0 Å². The second kappa shape index (κ2) is 5.28. The Hall–Kier alpha value is -1.12. The lowest BCUT2D eigenvalue weighted by Crippen LogP contribution is -2.38. The van der Waals surface area contributed by atoms with Crippen molar-refractivity contribution in [1.29, 1.82) is 5.41 Å². The molecule has 0 aromatic rings. The van der Waals surface area contributed by atoms with E-state index in [-0.39, 0.29) is 5.57 Å². The minimum Gasteiger partial charge on any atom is -0.456 e. The van der Waals surface area contributed by atoms with Gasteiger partial charge in [0.15, 0.2) is 0 Å². The zero-order valence-electron chi connectivity index (χ0n) is 10.2. The molecule has 0 aromatic heterocycles. The van der Waals surface area contributed by atoms with Crippen molar-refractivity contribution in [1.82, 2.24) is 0 Å². The summed E-state index contributed by atoms with van der Waals surface area (Å²) in [6.07, 6.45) is 6.91. The number of rotatable bonds is 4. The first kappa shape index (κ1) is 12.9. The molecule has 0 atom stereocenters. The Balaban J connectivity index is 2.58. The summed E-state index contributed by atoms with van der Waals surface area (Å²) in [5, 5.41) is 6.97. The van der Waals surface area contributed by atoms with Gasteiger partial charge in [-0.15, -0.1) is 0 Å². The summed E-state index contributed by atoms with van der Waals surface area (Å²) >= 11 is 0. The third-order valence-electron chi connectivity index (χ3n) is 3.38. The standard InChI is InChI=1S/C13H21NO2/c1-10(9-14)12(15)16-13(2,3)11-7-5-4-6-8-11/h9,11,14H,1,4-8H2,2-3H3. The van der Waals surface area contributed by atoms with Crippen molar-refractivity contribution < 1.29 is 9.53 Å². The molecular weight excluding hydrogens is 202 g/mol. The second-order valence-corrected chi connectivity index (χ2v) is 5.00. The smallest absolute Gasteiger partial charge is 0.339 e. The van der Waals surface area contributed by atoms with Crippen molar-refractivity contribution in [3.05, 3.63) is 12.2 Å². The van der Waals surface area contributed by atoms with Crippen LogP contribution in [0.15, 0.2) is 12.2 Å². The van der Waals surface area contributed by atoms with E-state index >= 15 is 0 Å². The monoisotopic (exact) mass is 223 g/mol. The van der Waals surface area contributed by atoms with Crippen molar-refractivity contribution in [3.63, 3.8) is 0 Å². The van der Waals surface area contributed by atoms with Crippen LogP contribution in [-0.2, 0) is 9.53 Å². The highest BCUT2D eigenvalue weighted by molar-refractivity contribution is 6.07.